The zero-order valence-corrected chi connectivity index (χ0v) is 9.77. The molecule has 0 amide bonds. The molecule has 0 radical (unpaired) electrons. The first kappa shape index (κ1) is 12.6. The lowest BCUT2D eigenvalue weighted by Gasteiger charge is -2.17. The maximum atomic E-state index is 10.9. The second-order valence-electron chi connectivity index (χ2n) is 4.08. The maximum absolute atomic E-state index is 10.9. The van der Waals surface area contributed by atoms with Gasteiger partial charge in [0.05, 0.1) is 0 Å². The Morgan fingerprint density at radius 1 is 1.44 bits per heavy atom. The fraction of sp³-hybridized carbons (Fsp3) is 0.545. The predicted octanol–water partition coefficient (Wildman–Crippen LogP) is 0.984. The first-order chi connectivity index (χ1) is 7.50. The van der Waals surface area contributed by atoms with Gasteiger partial charge in [0, 0.05) is 24.5 Å². The summed E-state index contributed by atoms with van der Waals surface area (Å²) >= 11 is 0. The van der Waals surface area contributed by atoms with Crippen LogP contribution in [0.2, 0.25) is 0 Å². The van der Waals surface area contributed by atoms with Crippen molar-refractivity contribution in [3.63, 3.8) is 0 Å². The van der Waals surface area contributed by atoms with E-state index in [-0.39, 0.29) is 5.92 Å². The van der Waals surface area contributed by atoms with E-state index in [1.165, 1.54) is 0 Å². The second kappa shape index (κ2) is 5.55. The zero-order chi connectivity index (χ0) is 12.1. The predicted molar refractivity (Wildman–Crippen MR) is 59.9 cm³/mol. The highest BCUT2D eigenvalue weighted by Gasteiger charge is 2.20. The fourth-order valence-corrected chi connectivity index (χ4v) is 1.35. The van der Waals surface area contributed by atoms with E-state index in [1.807, 2.05) is 20.8 Å². The summed E-state index contributed by atoms with van der Waals surface area (Å²) in [5, 5.41) is 11.9. The molecule has 0 spiro atoms. The van der Waals surface area contributed by atoms with Gasteiger partial charge in [0.1, 0.15) is 11.9 Å². The molecule has 1 aromatic heterocycles. The summed E-state index contributed by atoms with van der Waals surface area (Å²) in [4.78, 5) is 19.0. The van der Waals surface area contributed by atoms with Crippen molar-refractivity contribution < 1.29 is 9.90 Å². The Kier molecular flexibility index (Phi) is 4.37. The van der Waals surface area contributed by atoms with E-state index in [9.17, 15) is 4.79 Å². The first-order valence-corrected chi connectivity index (χ1v) is 5.24. The van der Waals surface area contributed by atoms with Gasteiger partial charge in [-0.1, -0.05) is 13.8 Å². The summed E-state index contributed by atoms with van der Waals surface area (Å²) in [6, 6.07) is -0.540. The molecule has 5 nitrogen and oxygen atoms in total. The molecular weight excluding hydrogens is 206 g/mol. The Bertz CT molecular complexity index is 349. The number of carboxylic acid groups (broad SMARTS) is 1. The zero-order valence-electron chi connectivity index (χ0n) is 9.77. The highest BCUT2D eigenvalue weighted by molar-refractivity contribution is 5.73. The Labute approximate surface area is 94.9 Å². The molecule has 1 atom stereocenters. The van der Waals surface area contributed by atoms with Gasteiger partial charge < -0.3 is 5.11 Å². The average molecular weight is 223 g/mol. The molecule has 1 heterocycles. The number of aryl methyl sites for hydroxylation is 1. The Balaban J connectivity index is 2.55. The highest BCUT2D eigenvalue weighted by Crippen LogP contribution is 2.03. The summed E-state index contributed by atoms with van der Waals surface area (Å²) in [6.07, 6.45) is 3.41. The van der Waals surface area contributed by atoms with Gasteiger partial charge in [-0.15, -0.1) is 0 Å². The smallest absolute Gasteiger partial charge is 0.320 e. The molecule has 0 bridgehead atoms. The number of nitrogens with one attached hydrogen (secondary N) is 1. The van der Waals surface area contributed by atoms with Crippen LogP contribution in [0.1, 0.15) is 25.2 Å². The number of aromatic nitrogens is 2. The minimum absolute atomic E-state index is 0.0452. The lowest BCUT2D eigenvalue weighted by molar-refractivity contribution is -0.140. The third-order valence-corrected chi connectivity index (χ3v) is 2.29. The van der Waals surface area contributed by atoms with Crippen LogP contribution in [0, 0.1) is 12.8 Å². The number of nitrogens with zero attached hydrogens (tertiary/aromatic N) is 2. The van der Waals surface area contributed by atoms with Crippen LogP contribution in [0.4, 0.5) is 0 Å². The van der Waals surface area contributed by atoms with Gasteiger partial charge in [-0.25, -0.2) is 9.97 Å². The SMILES string of the molecule is Cc1ncc(CN[C@H](C(=O)O)C(C)C)cn1. The fourth-order valence-electron chi connectivity index (χ4n) is 1.35. The minimum Gasteiger partial charge on any atom is -0.480 e. The molecule has 0 aliphatic carbocycles. The molecule has 0 fully saturated rings. The molecule has 1 aromatic rings. The summed E-state index contributed by atoms with van der Waals surface area (Å²) in [7, 11) is 0. The van der Waals surface area contributed by atoms with Gasteiger partial charge in [-0.2, -0.15) is 0 Å². The number of aliphatic carboxylic acids is 1. The maximum Gasteiger partial charge on any atom is 0.320 e. The van der Waals surface area contributed by atoms with Gasteiger partial charge in [0.2, 0.25) is 0 Å². The van der Waals surface area contributed by atoms with E-state index in [0.29, 0.717) is 12.4 Å². The van der Waals surface area contributed by atoms with Crippen LogP contribution >= 0.6 is 0 Å². The van der Waals surface area contributed by atoms with Crippen molar-refractivity contribution in [2.45, 2.75) is 33.4 Å². The average Bonchev–Trinajstić information content (AvgIpc) is 2.20. The molecule has 2 N–H and O–H groups in total. The van der Waals surface area contributed by atoms with E-state index in [1.54, 1.807) is 12.4 Å². The number of carbonyl (C=O) groups is 1. The molecule has 0 unspecified atom stereocenters. The van der Waals surface area contributed by atoms with Crippen molar-refractivity contribution in [2.24, 2.45) is 5.92 Å². The molecule has 0 aliphatic rings. The molecule has 0 saturated carbocycles. The number of rotatable bonds is 5. The molecule has 1 rings (SSSR count). The Morgan fingerprint density at radius 2 is 2.00 bits per heavy atom. The van der Waals surface area contributed by atoms with Crippen molar-refractivity contribution in [1.29, 1.82) is 0 Å². The second-order valence-corrected chi connectivity index (χ2v) is 4.08. The van der Waals surface area contributed by atoms with E-state index >= 15 is 0 Å². The van der Waals surface area contributed by atoms with Gasteiger partial charge in [-0.05, 0) is 12.8 Å². The normalized spacial score (nSPS) is 12.8. The van der Waals surface area contributed by atoms with Gasteiger partial charge >= 0.3 is 5.97 Å². The van der Waals surface area contributed by atoms with Crippen molar-refractivity contribution >= 4 is 5.97 Å². The highest BCUT2D eigenvalue weighted by atomic mass is 16.4. The molecule has 0 aliphatic heterocycles. The standard InChI is InChI=1S/C11H17N3O2/c1-7(2)10(11(15)16)14-6-9-4-12-8(3)13-5-9/h4-5,7,10,14H,6H2,1-3H3,(H,15,16)/t10-/m0/s1. The van der Waals surface area contributed by atoms with E-state index in [2.05, 4.69) is 15.3 Å². The molecule has 0 saturated heterocycles. The minimum atomic E-state index is -0.831. The molecule has 16 heavy (non-hydrogen) atoms. The van der Waals surface area contributed by atoms with Crippen LogP contribution in [-0.4, -0.2) is 27.1 Å². The van der Waals surface area contributed by atoms with Crippen molar-refractivity contribution in [3.05, 3.63) is 23.8 Å². The molecule has 0 aromatic carbocycles. The lowest BCUT2D eigenvalue weighted by atomic mass is 10.0. The molecule has 5 heteroatoms. The van der Waals surface area contributed by atoms with E-state index in [0.717, 1.165) is 5.56 Å². The van der Waals surface area contributed by atoms with E-state index < -0.39 is 12.0 Å². The summed E-state index contributed by atoms with van der Waals surface area (Å²) in [5.74, 6) is -0.0747. The topological polar surface area (TPSA) is 75.1 Å². The number of carboxylic acids is 1. The first-order valence-electron chi connectivity index (χ1n) is 5.24. The van der Waals surface area contributed by atoms with Crippen LogP contribution in [0.3, 0.4) is 0 Å². The lowest BCUT2D eigenvalue weighted by Crippen LogP contribution is -2.40. The summed E-state index contributed by atoms with van der Waals surface area (Å²) in [5.41, 5.74) is 0.887. The van der Waals surface area contributed by atoms with E-state index in [4.69, 9.17) is 5.11 Å². The van der Waals surface area contributed by atoms with Crippen LogP contribution in [0.15, 0.2) is 12.4 Å². The van der Waals surface area contributed by atoms with Gasteiger partial charge in [-0.3, -0.25) is 10.1 Å². The van der Waals surface area contributed by atoms with Gasteiger partial charge in [0.25, 0.3) is 0 Å². The number of hydrogen-bond acceptors (Lipinski definition) is 4. The molecular formula is C11H17N3O2. The third kappa shape index (κ3) is 3.58. The number of hydrogen-bond donors (Lipinski definition) is 2. The summed E-state index contributed by atoms with van der Waals surface area (Å²) in [6.45, 7) is 6.02. The van der Waals surface area contributed by atoms with Crippen LogP contribution in [0.25, 0.3) is 0 Å². The van der Waals surface area contributed by atoms with Crippen LogP contribution < -0.4 is 5.32 Å². The molecule has 88 valence electrons. The van der Waals surface area contributed by atoms with Crippen molar-refractivity contribution in [3.8, 4) is 0 Å². The van der Waals surface area contributed by atoms with Gasteiger partial charge in [0.15, 0.2) is 0 Å². The van der Waals surface area contributed by atoms with Crippen molar-refractivity contribution in [2.75, 3.05) is 0 Å². The Morgan fingerprint density at radius 3 is 2.44 bits per heavy atom. The third-order valence-electron chi connectivity index (χ3n) is 2.29. The summed E-state index contributed by atoms with van der Waals surface area (Å²) < 4.78 is 0. The largest absolute Gasteiger partial charge is 0.480 e. The van der Waals surface area contributed by atoms with Crippen LogP contribution in [0.5, 0.6) is 0 Å². The quantitative estimate of drug-likeness (QED) is 0.778. The van der Waals surface area contributed by atoms with Crippen LogP contribution in [-0.2, 0) is 11.3 Å². The monoisotopic (exact) mass is 223 g/mol. The van der Waals surface area contributed by atoms with Crippen molar-refractivity contribution in [1.82, 2.24) is 15.3 Å². The Hall–Kier alpha value is -1.49.